The van der Waals surface area contributed by atoms with E-state index in [4.69, 9.17) is 0 Å². The molecular formula is C16H18N2O3S. The summed E-state index contributed by atoms with van der Waals surface area (Å²) in [7, 11) is -3.53. The van der Waals surface area contributed by atoms with Crippen molar-refractivity contribution in [3.63, 3.8) is 0 Å². The monoisotopic (exact) mass is 318 g/mol. The zero-order chi connectivity index (χ0) is 16.0. The molecule has 0 atom stereocenters. The highest BCUT2D eigenvalue weighted by Gasteiger charge is 2.12. The fourth-order valence-corrected chi connectivity index (χ4v) is 2.99. The van der Waals surface area contributed by atoms with Crippen molar-refractivity contribution >= 4 is 15.9 Å². The number of hydrogen-bond donors (Lipinski definition) is 2. The number of hydrogen-bond acceptors (Lipinski definition) is 3. The SMILES string of the molecule is Cc1cccc(C(=O)NCCNS(=O)(=O)c2ccccc2)c1. The second-order valence-electron chi connectivity index (χ2n) is 4.84. The van der Waals surface area contributed by atoms with Crippen molar-refractivity contribution in [1.29, 1.82) is 0 Å². The Hall–Kier alpha value is -2.18. The summed E-state index contributed by atoms with van der Waals surface area (Å²) in [6.07, 6.45) is 0. The summed E-state index contributed by atoms with van der Waals surface area (Å²) < 4.78 is 26.4. The van der Waals surface area contributed by atoms with Gasteiger partial charge in [-0.2, -0.15) is 0 Å². The number of carbonyl (C=O) groups is 1. The van der Waals surface area contributed by atoms with Gasteiger partial charge in [-0.3, -0.25) is 4.79 Å². The highest BCUT2D eigenvalue weighted by Crippen LogP contribution is 2.06. The molecule has 5 nitrogen and oxygen atoms in total. The van der Waals surface area contributed by atoms with Gasteiger partial charge in [-0.25, -0.2) is 13.1 Å². The molecule has 0 bridgehead atoms. The highest BCUT2D eigenvalue weighted by atomic mass is 32.2. The molecule has 2 aromatic rings. The molecular weight excluding hydrogens is 300 g/mol. The van der Waals surface area contributed by atoms with Crippen LogP contribution >= 0.6 is 0 Å². The van der Waals surface area contributed by atoms with E-state index in [1.807, 2.05) is 19.1 Å². The number of carbonyl (C=O) groups excluding carboxylic acids is 1. The van der Waals surface area contributed by atoms with E-state index < -0.39 is 10.0 Å². The van der Waals surface area contributed by atoms with E-state index in [2.05, 4.69) is 10.0 Å². The van der Waals surface area contributed by atoms with Crippen LogP contribution in [0.25, 0.3) is 0 Å². The quantitative estimate of drug-likeness (QED) is 0.796. The molecule has 0 saturated carbocycles. The van der Waals surface area contributed by atoms with Gasteiger partial charge in [0.1, 0.15) is 0 Å². The Kier molecular flexibility index (Phi) is 5.30. The molecule has 0 radical (unpaired) electrons. The van der Waals surface area contributed by atoms with Crippen molar-refractivity contribution in [2.45, 2.75) is 11.8 Å². The van der Waals surface area contributed by atoms with Gasteiger partial charge in [-0.05, 0) is 31.2 Å². The van der Waals surface area contributed by atoms with Gasteiger partial charge in [-0.1, -0.05) is 35.9 Å². The van der Waals surface area contributed by atoms with E-state index in [0.29, 0.717) is 5.56 Å². The second-order valence-corrected chi connectivity index (χ2v) is 6.60. The van der Waals surface area contributed by atoms with Gasteiger partial charge in [-0.15, -0.1) is 0 Å². The van der Waals surface area contributed by atoms with Gasteiger partial charge in [0.15, 0.2) is 0 Å². The van der Waals surface area contributed by atoms with Crippen molar-refractivity contribution in [2.75, 3.05) is 13.1 Å². The molecule has 0 aromatic heterocycles. The van der Waals surface area contributed by atoms with Crippen LogP contribution in [-0.4, -0.2) is 27.4 Å². The number of sulfonamides is 1. The Morgan fingerprint density at radius 2 is 1.73 bits per heavy atom. The molecule has 0 aliphatic rings. The minimum Gasteiger partial charge on any atom is -0.351 e. The molecule has 0 heterocycles. The van der Waals surface area contributed by atoms with Crippen LogP contribution in [0.1, 0.15) is 15.9 Å². The molecule has 1 amide bonds. The number of aryl methyl sites for hydroxylation is 1. The van der Waals surface area contributed by atoms with E-state index in [0.717, 1.165) is 5.56 Å². The summed E-state index contributed by atoms with van der Waals surface area (Å²) in [6.45, 7) is 2.26. The third-order valence-corrected chi connectivity index (χ3v) is 4.51. The molecule has 2 rings (SSSR count). The first kappa shape index (κ1) is 16.2. The average molecular weight is 318 g/mol. The Morgan fingerprint density at radius 1 is 1.00 bits per heavy atom. The third-order valence-electron chi connectivity index (χ3n) is 3.04. The number of rotatable bonds is 6. The van der Waals surface area contributed by atoms with Crippen molar-refractivity contribution < 1.29 is 13.2 Å². The van der Waals surface area contributed by atoms with Crippen molar-refractivity contribution in [2.24, 2.45) is 0 Å². The Morgan fingerprint density at radius 3 is 2.41 bits per heavy atom. The Labute approximate surface area is 130 Å². The Bertz CT molecular complexity index is 743. The number of amides is 1. The first-order valence-electron chi connectivity index (χ1n) is 6.88. The summed E-state index contributed by atoms with van der Waals surface area (Å²) in [5.41, 5.74) is 1.56. The van der Waals surface area contributed by atoms with Crippen LogP contribution in [0, 0.1) is 6.92 Å². The zero-order valence-corrected chi connectivity index (χ0v) is 13.1. The lowest BCUT2D eigenvalue weighted by atomic mass is 10.1. The van der Waals surface area contributed by atoms with Crippen LogP contribution in [0.4, 0.5) is 0 Å². The molecule has 0 aliphatic heterocycles. The molecule has 0 aliphatic carbocycles. The largest absolute Gasteiger partial charge is 0.351 e. The fraction of sp³-hybridized carbons (Fsp3) is 0.188. The predicted molar refractivity (Wildman–Crippen MR) is 85.1 cm³/mol. The van der Waals surface area contributed by atoms with Crippen molar-refractivity contribution in [3.05, 3.63) is 65.7 Å². The number of nitrogens with one attached hydrogen (secondary N) is 2. The Balaban J connectivity index is 1.83. The van der Waals surface area contributed by atoms with Crippen LogP contribution in [0.15, 0.2) is 59.5 Å². The average Bonchev–Trinajstić information content (AvgIpc) is 2.52. The molecule has 116 valence electrons. The van der Waals surface area contributed by atoms with Crippen LogP contribution in [0.2, 0.25) is 0 Å². The van der Waals surface area contributed by atoms with Gasteiger partial charge >= 0.3 is 0 Å². The first-order valence-corrected chi connectivity index (χ1v) is 8.37. The van der Waals surface area contributed by atoms with Crippen LogP contribution < -0.4 is 10.0 Å². The minimum atomic E-state index is -3.53. The third kappa shape index (κ3) is 4.41. The maximum atomic E-state index is 12.0. The van der Waals surface area contributed by atoms with Gasteiger partial charge in [0.25, 0.3) is 5.91 Å². The maximum absolute atomic E-state index is 12.0. The molecule has 0 unspecified atom stereocenters. The smallest absolute Gasteiger partial charge is 0.251 e. The van der Waals surface area contributed by atoms with Gasteiger partial charge in [0, 0.05) is 18.7 Å². The van der Waals surface area contributed by atoms with E-state index in [1.54, 1.807) is 30.3 Å². The minimum absolute atomic E-state index is 0.134. The van der Waals surface area contributed by atoms with E-state index in [-0.39, 0.29) is 23.9 Å². The highest BCUT2D eigenvalue weighted by molar-refractivity contribution is 7.89. The normalized spacial score (nSPS) is 11.1. The molecule has 0 fully saturated rings. The predicted octanol–water partition coefficient (Wildman–Crippen LogP) is 1.70. The fourth-order valence-electron chi connectivity index (χ4n) is 1.93. The summed E-state index contributed by atoms with van der Waals surface area (Å²) in [5.74, 6) is -0.220. The maximum Gasteiger partial charge on any atom is 0.251 e. The molecule has 2 aromatic carbocycles. The van der Waals surface area contributed by atoms with E-state index >= 15 is 0 Å². The summed E-state index contributed by atoms with van der Waals surface area (Å²) in [5, 5.41) is 2.68. The molecule has 0 spiro atoms. The standard InChI is InChI=1S/C16H18N2O3S/c1-13-6-5-7-14(12-13)16(19)17-10-11-18-22(20,21)15-8-3-2-4-9-15/h2-9,12,18H,10-11H2,1H3,(H,17,19). The van der Waals surface area contributed by atoms with Crippen LogP contribution in [0.3, 0.4) is 0 Å². The lowest BCUT2D eigenvalue weighted by Gasteiger charge is -2.08. The molecule has 0 saturated heterocycles. The summed E-state index contributed by atoms with van der Waals surface area (Å²) in [4.78, 5) is 12.1. The lowest BCUT2D eigenvalue weighted by Crippen LogP contribution is -2.34. The molecule has 22 heavy (non-hydrogen) atoms. The van der Waals surface area contributed by atoms with E-state index in [1.165, 1.54) is 12.1 Å². The van der Waals surface area contributed by atoms with Crippen LogP contribution in [0.5, 0.6) is 0 Å². The number of benzene rings is 2. The van der Waals surface area contributed by atoms with Crippen molar-refractivity contribution in [3.8, 4) is 0 Å². The molecule has 6 heteroatoms. The van der Waals surface area contributed by atoms with Gasteiger partial charge < -0.3 is 5.32 Å². The summed E-state index contributed by atoms with van der Waals surface area (Å²) >= 11 is 0. The topological polar surface area (TPSA) is 75.3 Å². The van der Waals surface area contributed by atoms with Crippen molar-refractivity contribution in [1.82, 2.24) is 10.0 Å². The second kappa shape index (κ2) is 7.20. The zero-order valence-electron chi connectivity index (χ0n) is 12.2. The van der Waals surface area contributed by atoms with E-state index in [9.17, 15) is 13.2 Å². The first-order chi connectivity index (χ1) is 10.5. The molecule has 2 N–H and O–H groups in total. The lowest BCUT2D eigenvalue weighted by molar-refractivity contribution is 0.0954. The van der Waals surface area contributed by atoms with Gasteiger partial charge in [0.05, 0.1) is 4.90 Å². The summed E-state index contributed by atoms with van der Waals surface area (Å²) in [6, 6.07) is 15.3. The van der Waals surface area contributed by atoms with Crippen LogP contribution in [-0.2, 0) is 10.0 Å². The van der Waals surface area contributed by atoms with Gasteiger partial charge in [0.2, 0.25) is 10.0 Å².